The van der Waals surface area contributed by atoms with Crippen molar-refractivity contribution >= 4 is 22.4 Å². The number of aryl methyl sites for hydroxylation is 1. The number of aromatic nitrogens is 1. The molecule has 3 aromatic rings. The zero-order valence-corrected chi connectivity index (χ0v) is 15.5. The summed E-state index contributed by atoms with van der Waals surface area (Å²) in [5, 5.41) is 5.22. The molecule has 1 N–H and O–H groups in total. The van der Waals surface area contributed by atoms with Gasteiger partial charge in [-0.15, -0.1) is 11.3 Å². The third kappa shape index (κ3) is 4.83. The Labute approximate surface area is 156 Å². The normalized spacial score (nSPS) is 10.4. The molecule has 3 rings (SSSR count). The highest BCUT2D eigenvalue weighted by Gasteiger charge is 2.09. The van der Waals surface area contributed by atoms with Crippen LogP contribution < -0.4 is 14.8 Å². The summed E-state index contributed by atoms with van der Waals surface area (Å²) in [5.74, 6) is 1.26. The first-order valence-electron chi connectivity index (χ1n) is 8.32. The SMILES string of the molecule is CCOc1ccc(-c2csc(NC(=O)COc3ccc(C)cc3)n2)cc1. The molecule has 0 aliphatic heterocycles. The first-order valence-corrected chi connectivity index (χ1v) is 9.20. The molecule has 0 aliphatic rings. The van der Waals surface area contributed by atoms with Gasteiger partial charge in [0.05, 0.1) is 12.3 Å². The number of ether oxygens (including phenoxy) is 2. The molecule has 2 aromatic carbocycles. The third-order valence-electron chi connectivity index (χ3n) is 3.60. The van der Waals surface area contributed by atoms with Gasteiger partial charge >= 0.3 is 0 Å². The van der Waals surface area contributed by atoms with Gasteiger partial charge in [-0.25, -0.2) is 4.98 Å². The average Bonchev–Trinajstić information content (AvgIpc) is 3.10. The molecule has 0 radical (unpaired) electrons. The number of carbonyl (C=O) groups is 1. The molecule has 0 saturated heterocycles. The van der Waals surface area contributed by atoms with E-state index in [1.807, 2.05) is 67.8 Å². The maximum atomic E-state index is 12.0. The van der Waals surface area contributed by atoms with Gasteiger partial charge in [0.15, 0.2) is 11.7 Å². The first kappa shape index (κ1) is 17.9. The molecule has 0 spiro atoms. The van der Waals surface area contributed by atoms with Crippen molar-refractivity contribution in [2.75, 3.05) is 18.5 Å². The number of carbonyl (C=O) groups excluding carboxylic acids is 1. The van der Waals surface area contributed by atoms with Gasteiger partial charge in [-0.05, 0) is 50.2 Å². The lowest BCUT2D eigenvalue weighted by Gasteiger charge is -2.06. The smallest absolute Gasteiger partial charge is 0.264 e. The molecule has 0 fully saturated rings. The van der Waals surface area contributed by atoms with E-state index < -0.39 is 0 Å². The highest BCUT2D eigenvalue weighted by atomic mass is 32.1. The van der Waals surface area contributed by atoms with Crippen molar-refractivity contribution in [3.63, 3.8) is 0 Å². The Balaban J connectivity index is 1.55. The maximum absolute atomic E-state index is 12.0. The molecule has 0 atom stereocenters. The topological polar surface area (TPSA) is 60.5 Å². The quantitative estimate of drug-likeness (QED) is 0.665. The van der Waals surface area contributed by atoms with E-state index in [2.05, 4.69) is 10.3 Å². The van der Waals surface area contributed by atoms with Crippen LogP contribution in [0.1, 0.15) is 12.5 Å². The van der Waals surface area contributed by atoms with Gasteiger partial charge in [-0.2, -0.15) is 0 Å². The molecular weight excluding hydrogens is 348 g/mol. The summed E-state index contributed by atoms with van der Waals surface area (Å²) < 4.78 is 10.9. The van der Waals surface area contributed by atoms with Gasteiger partial charge in [-0.1, -0.05) is 17.7 Å². The van der Waals surface area contributed by atoms with Crippen molar-refractivity contribution in [2.45, 2.75) is 13.8 Å². The molecule has 0 bridgehead atoms. The van der Waals surface area contributed by atoms with E-state index in [0.29, 0.717) is 17.5 Å². The van der Waals surface area contributed by atoms with Crippen LogP contribution in [-0.2, 0) is 4.79 Å². The molecule has 1 amide bonds. The lowest BCUT2D eigenvalue weighted by atomic mass is 10.2. The molecule has 5 nitrogen and oxygen atoms in total. The van der Waals surface area contributed by atoms with Crippen LogP contribution in [-0.4, -0.2) is 24.1 Å². The Hall–Kier alpha value is -2.86. The summed E-state index contributed by atoms with van der Waals surface area (Å²) in [5.41, 5.74) is 2.93. The molecule has 6 heteroatoms. The summed E-state index contributed by atoms with van der Waals surface area (Å²) >= 11 is 1.38. The second-order valence-electron chi connectivity index (χ2n) is 5.65. The Morgan fingerprint density at radius 2 is 1.69 bits per heavy atom. The van der Waals surface area contributed by atoms with Gasteiger partial charge in [-0.3, -0.25) is 10.1 Å². The zero-order valence-electron chi connectivity index (χ0n) is 14.7. The molecule has 134 valence electrons. The minimum Gasteiger partial charge on any atom is -0.494 e. The van der Waals surface area contributed by atoms with E-state index in [1.54, 1.807) is 0 Å². The van der Waals surface area contributed by atoms with Crippen LogP contribution in [0.3, 0.4) is 0 Å². The van der Waals surface area contributed by atoms with Crippen LogP contribution in [0.5, 0.6) is 11.5 Å². The Bertz CT molecular complexity index is 858. The molecule has 1 aromatic heterocycles. The van der Waals surface area contributed by atoms with Crippen molar-refractivity contribution < 1.29 is 14.3 Å². The van der Waals surface area contributed by atoms with Crippen LogP contribution >= 0.6 is 11.3 Å². The number of nitrogens with zero attached hydrogens (tertiary/aromatic N) is 1. The van der Waals surface area contributed by atoms with Gasteiger partial charge in [0.25, 0.3) is 5.91 Å². The average molecular weight is 368 g/mol. The molecular formula is C20H20N2O3S. The van der Waals surface area contributed by atoms with Crippen molar-refractivity contribution in [3.05, 3.63) is 59.5 Å². The predicted octanol–water partition coefficient (Wildman–Crippen LogP) is 4.53. The molecule has 0 aliphatic carbocycles. The maximum Gasteiger partial charge on any atom is 0.264 e. The fourth-order valence-corrected chi connectivity index (χ4v) is 3.03. The van der Waals surface area contributed by atoms with Gasteiger partial charge < -0.3 is 9.47 Å². The summed E-state index contributed by atoms with van der Waals surface area (Å²) in [6, 6.07) is 15.3. The van der Waals surface area contributed by atoms with Crippen molar-refractivity contribution in [3.8, 4) is 22.8 Å². The summed E-state index contributed by atoms with van der Waals surface area (Å²) in [7, 11) is 0. The molecule has 0 unspecified atom stereocenters. The van der Waals surface area contributed by atoms with Crippen LogP contribution in [0.25, 0.3) is 11.3 Å². The van der Waals surface area contributed by atoms with Crippen LogP contribution in [0.15, 0.2) is 53.9 Å². The summed E-state index contributed by atoms with van der Waals surface area (Å²) in [6.07, 6.45) is 0. The zero-order chi connectivity index (χ0) is 18.4. The Kier molecular flexibility index (Phi) is 5.86. The fourth-order valence-electron chi connectivity index (χ4n) is 2.29. The second kappa shape index (κ2) is 8.49. The highest BCUT2D eigenvalue weighted by Crippen LogP contribution is 2.26. The van der Waals surface area contributed by atoms with E-state index >= 15 is 0 Å². The largest absolute Gasteiger partial charge is 0.494 e. The summed E-state index contributed by atoms with van der Waals surface area (Å²) in [4.78, 5) is 16.5. The monoisotopic (exact) mass is 368 g/mol. The van der Waals surface area contributed by atoms with E-state index in [1.165, 1.54) is 11.3 Å². The van der Waals surface area contributed by atoms with E-state index in [9.17, 15) is 4.79 Å². The number of anilines is 1. The van der Waals surface area contributed by atoms with Crippen molar-refractivity contribution in [1.29, 1.82) is 0 Å². The number of hydrogen-bond acceptors (Lipinski definition) is 5. The lowest BCUT2D eigenvalue weighted by Crippen LogP contribution is -2.20. The number of benzene rings is 2. The third-order valence-corrected chi connectivity index (χ3v) is 4.36. The Morgan fingerprint density at radius 1 is 1.04 bits per heavy atom. The lowest BCUT2D eigenvalue weighted by molar-refractivity contribution is -0.118. The highest BCUT2D eigenvalue weighted by molar-refractivity contribution is 7.14. The first-order chi connectivity index (χ1) is 12.6. The number of amides is 1. The Morgan fingerprint density at radius 3 is 2.38 bits per heavy atom. The van der Waals surface area contributed by atoms with E-state index in [4.69, 9.17) is 9.47 Å². The van der Waals surface area contributed by atoms with Crippen LogP contribution in [0.4, 0.5) is 5.13 Å². The molecule has 0 saturated carbocycles. The van der Waals surface area contributed by atoms with E-state index in [-0.39, 0.29) is 12.5 Å². The second-order valence-corrected chi connectivity index (χ2v) is 6.50. The molecule has 1 heterocycles. The number of nitrogens with one attached hydrogen (secondary N) is 1. The molecule has 26 heavy (non-hydrogen) atoms. The predicted molar refractivity (Wildman–Crippen MR) is 104 cm³/mol. The number of hydrogen-bond donors (Lipinski definition) is 1. The van der Waals surface area contributed by atoms with Crippen molar-refractivity contribution in [1.82, 2.24) is 4.98 Å². The van der Waals surface area contributed by atoms with E-state index in [0.717, 1.165) is 22.6 Å². The summed E-state index contributed by atoms with van der Waals surface area (Å²) in [6.45, 7) is 4.53. The van der Waals surface area contributed by atoms with Crippen LogP contribution in [0.2, 0.25) is 0 Å². The van der Waals surface area contributed by atoms with Crippen molar-refractivity contribution in [2.24, 2.45) is 0 Å². The minimum atomic E-state index is -0.238. The van der Waals surface area contributed by atoms with Gasteiger partial charge in [0.2, 0.25) is 0 Å². The number of rotatable bonds is 7. The van der Waals surface area contributed by atoms with Gasteiger partial charge in [0, 0.05) is 10.9 Å². The minimum absolute atomic E-state index is 0.0545. The van der Waals surface area contributed by atoms with Crippen LogP contribution in [0, 0.1) is 6.92 Å². The number of thiazole rings is 1. The fraction of sp³-hybridized carbons (Fsp3) is 0.200. The standard InChI is InChI=1S/C20H20N2O3S/c1-3-24-16-10-6-15(7-11-16)18-13-26-20(21-18)22-19(23)12-25-17-8-4-14(2)5-9-17/h4-11,13H,3,12H2,1-2H3,(H,21,22,23). The van der Waals surface area contributed by atoms with Gasteiger partial charge in [0.1, 0.15) is 11.5 Å².